The van der Waals surface area contributed by atoms with Crippen molar-refractivity contribution in [3.05, 3.63) is 198 Å². The second-order valence-electron chi connectivity index (χ2n) is 20.1. The molecule has 8 aromatic carbocycles. The van der Waals surface area contributed by atoms with E-state index in [1.54, 1.807) is 0 Å². The largest absolute Gasteiger partial charge is 0.310 e. The first-order chi connectivity index (χ1) is 32.1. The maximum atomic E-state index is 15.2. The molecule has 2 bridgehead atoms. The van der Waals surface area contributed by atoms with Gasteiger partial charge in [0.25, 0.3) is 0 Å². The van der Waals surface area contributed by atoms with Gasteiger partial charge in [0, 0.05) is 48.1 Å². The number of hydrogen-bond acceptors (Lipinski definition) is 4. The molecule has 0 radical (unpaired) electrons. The summed E-state index contributed by atoms with van der Waals surface area (Å²) < 4.78 is 33.0. The molecule has 4 atom stereocenters. The lowest BCUT2D eigenvalue weighted by Crippen LogP contribution is -2.53. The topological polar surface area (TPSA) is 37.4 Å². The van der Waals surface area contributed by atoms with Gasteiger partial charge in [-0.3, -0.25) is 0 Å². The third-order valence-electron chi connectivity index (χ3n) is 16.2. The summed E-state index contributed by atoms with van der Waals surface area (Å²) >= 11 is 1.85. The standard InChI is InChI=1S/C61H51NO2S2/c1-38-34-40-14-12-15-41(35-38)61(40)52-22-9-11-25-57(52)66(63,64)58-37-44(31-33-53(58)61)62(43-30-32-48-47-18-6-8-21-51(47)60(2,3)54(48)36-43)42-28-26-39(27-29-42)45-16-4-5-17-46(45)49-20-13-24-56-59(49)50-19-7-10-23-55(50)65-56/h4-11,13,16-33,36-38,40-41H,12,14-15,34-35H2,1-3H3/t38-,40-,41+,61?. The van der Waals surface area contributed by atoms with Crippen LogP contribution in [-0.2, 0) is 20.7 Å². The van der Waals surface area contributed by atoms with Crippen LogP contribution in [0.3, 0.4) is 0 Å². The summed E-state index contributed by atoms with van der Waals surface area (Å²) in [5.41, 5.74) is 14.2. The van der Waals surface area contributed by atoms with Crippen LogP contribution in [0.1, 0.15) is 75.1 Å². The maximum absolute atomic E-state index is 15.2. The number of hydrogen-bond donors (Lipinski definition) is 0. The second kappa shape index (κ2) is 14.6. The third kappa shape index (κ3) is 5.63. The number of rotatable bonds is 5. The van der Waals surface area contributed by atoms with Crippen LogP contribution in [-0.4, -0.2) is 8.42 Å². The Morgan fingerprint density at radius 3 is 1.91 bits per heavy atom. The second-order valence-corrected chi connectivity index (χ2v) is 23.0. The molecule has 13 rings (SSSR count). The molecule has 5 heteroatoms. The molecule has 1 aliphatic heterocycles. The number of sulfone groups is 1. The van der Waals surface area contributed by atoms with Crippen molar-refractivity contribution < 1.29 is 8.42 Å². The van der Waals surface area contributed by atoms with Crippen LogP contribution in [0.25, 0.3) is 53.6 Å². The SMILES string of the molecule is C[C@@H]1C[C@H]2CCC[C@@H](C1)C21c2ccccc2S(=O)(=O)c2cc(N(c3ccc(-c4ccccc4-c4cccc5sc6ccccc6c45)cc3)c3ccc4c(c3)C(C)(C)c3ccccc3-4)ccc21. The molecule has 1 spiro atoms. The highest BCUT2D eigenvalue weighted by molar-refractivity contribution is 7.91. The summed E-state index contributed by atoms with van der Waals surface area (Å²) in [7, 11) is -3.83. The van der Waals surface area contributed by atoms with Crippen molar-refractivity contribution in [2.24, 2.45) is 17.8 Å². The summed E-state index contributed by atoms with van der Waals surface area (Å²) in [4.78, 5) is 3.27. The van der Waals surface area contributed by atoms with E-state index in [1.807, 2.05) is 29.5 Å². The Hall–Kier alpha value is -6.27. The first-order valence-electron chi connectivity index (χ1n) is 23.8. The maximum Gasteiger partial charge on any atom is 0.207 e. The minimum Gasteiger partial charge on any atom is -0.310 e. The molecule has 1 unspecified atom stereocenters. The molecule has 1 aromatic heterocycles. The van der Waals surface area contributed by atoms with E-state index in [0.717, 1.165) is 59.4 Å². The van der Waals surface area contributed by atoms with Crippen LogP contribution in [0.15, 0.2) is 186 Å². The zero-order chi connectivity index (χ0) is 44.5. The van der Waals surface area contributed by atoms with Crippen molar-refractivity contribution in [2.45, 2.75) is 73.5 Å². The van der Waals surface area contributed by atoms with Crippen LogP contribution >= 0.6 is 11.3 Å². The fourth-order valence-corrected chi connectivity index (χ4v) is 16.5. The number of anilines is 3. The van der Waals surface area contributed by atoms with E-state index in [4.69, 9.17) is 0 Å². The van der Waals surface area contributed by atoms with Gasteiger partial charge >= 0.3 is 0 Å². The third-order valence-corrected chi connectivity index (χ3v) is 19.2. The van der Waals surface area contributed by atoms with Gasteiger partial charge < -0.3 is 4.90 Å². The van der Waals surface area contributed by atoms with Gasteiger partial charge in [-0.25, -0.2) is 8.42 Å². The highest BCUT2D eigenvalue weighted by Gasteiger charge is 2.58. The average molecular weight is 894 g/mol. The lowest BCUT2D eigenvalue weighted by Gasteiger charge is -2.57. The predicted molar refractivity (Wildman–Crippen MR) is 274 cm³/mol. The van der Waals surface area contributed by atoms with Crippen molar-refractivity contribution in [2.75, 3.05) is 4.90 Å². The number of thiophene rings is 1. The van der Waals surface area contributed by atoms with Gasteiger partial charge in [0.05, 0.1) is 9.79 Å². The minimum absolute atomic E-state index is 0.205. The van der Waals surface area contributed by atoms with E-state index in [9.17, 15) is 0 Å². The molecule has 2 heterocycles. The Labute approximate surface area is 392 Å². The zero-order valence-electron chi connectivity index (χ0n) is 37.6. The molecule has 3 nitrogen and oxygen atoms in total. The number of nitrogens with zero attached hydrogens (tertiary/aromatic N) is 1. The van der Waals surface area contributed by atoms with E-state index in [0.29, 0.717) is 27.5 Å². The Morgan fingerprint density at radius 1 is 0.515 bits per heavy atom. The molecule has 2 fully saturated rings. The highest BCUT2D eigenvalue weighted by atomic mass is 32.2. The number of benzene rings is 8. The van der Waals surface area contributed by atoms with E-state index in [-0.39, 0.29) is 10.8 Å². The summed E-state index contributed by atoms with van der Waals surface area (Å²) in [6.45, 7) is 7.04. The fraction of sp³-hybridized carbons (Fsp3) is 0.213. The first-order valence-corrected chi connectivity index (χ1v) is 26.1. The van der Waals surface area contributed by atoms with Gasteiger partial charge in [-0.15, -0.1) is 11.3 Å². The van der Waals surface area contributed by atoms with Gasteiger partial charge in [0.2, 0.25) is 9.84 Å². The fourth-order valence-electron chi connectivity index (χ4n) is 13.5. The average Bonchev–Trinajstić information content (AvgIpc) is 3.83. The van der Waals surface area contributed by atoms with Crippen molar-refractivity contribution in [3.63, 3.8) is 0 Å². The molecular weight excluding hydrogens is 843 g/mol. The highest BCUT2D eigenvalue weighted by Crippen LogP contribution is 2.64. The molecule has 66 heavy (non-hydrogen) atoms. The molecule has 2 saturated carbocycles. The van der Waals surface area contributed by atoms with Crippen molar-refractivity contribution in [1.29, 1.82) is 0 Å². The van der Waals surface area contributed by atoms with Gasteiger partial charge in [-0.05, 0) is 154 Å². The first kappa shape index (κ1) is 40.0. The Morgan fingerprint density at radius 2 is 1.11 bits per heavy atom. The minimum atomic E-state index is -3.83. The molecule has 9 aromatic rings. The lowest BCUT2D eigenvalue weighted by atomic mass is 9.48. The van der Waals surface area contributed by atoms with Crippen LogP contribution in [0.4, 0.5) is 17.1 Å². The normalized spacial score (nSPS) is 21.8. The van der Waals surface area contributed by atoms with Crippen LogP contribution < -0.4 is 4.90 Å². The molecule has 0 amide bonds. The van der Waals surface area contributed by atoms with Gasteiger partial charge in [0.15, 0.2) is 0 Å². The summed E-state index contributed by atoms with van der Waals surface area (Å²) in [6.07, 6.45) is 5.72. The van der Waals surface area contributed by atoms with Crippen LogP contribution in [0.5, 0.6) is 0 Å². The molecule has 324 valence electrons. The summed E-state index contributed by atoms with van der Waals surface area (Å²) in [5, 5.41) is 2.59. The van der Waals surface area contributed by atoms with E-state index >= 15 is 8.42 Å². The predicted octanol–water partition coefficient (Wildman–Crippen LogP) is 16.4. The van der Waals surface area contributed by atoms with Gasteiger partial charge in [0.1, 0.15) is 0 Å². The summed E-state index contributed by atoms with van der Waals surface area (Å²) in [5.74, 6) is 1.43. The van der Waals surface area contributed by atoms with E-state index < -0.39 is 9.84 Å². The van der Waals surface area contributed by atoms with Crippen LogP contribution in [0.2, 0.25) is 0 Å². The van der Waals surface area contributed by atoms with Crippen molar-refractivity contribution in [3.8, 4) is 33.4 Å². The zero-order valence-corrected chi connectivity index (χ0v) is 39.2. The molecule has 3 aliphatic carbocycles. The van der Waals surface area contributed by atoms with Crippen LogP contribution in [0, 0.1) is 17.8 Å². The van der Waals surface area contributed by atoms with E-state index in [1.165, 1.54) is 65.5 Å². The Balaban J connectivity index is 0.988. The van der Waals surface area contributed by atoms with Gasteiger partial charge in [-0.2, -0.15) is 0 Å². The van der Waals surface area contributed by atoms with Crippen molar-refractivity contribution >= 4 is 58.4 Å². The molecule has 0 saturated heterocycles. The monoisotopic (exact) mass is 893 g/mol. The number of fused-ring (bicyclic) bond motifs is 8. The smallest absolute Gasteiger partial charge is 0.207 e. The van der Waals surface area contributed by atoms with E-state index in [2.05, 4.69) is 183 Å². The van der Waals surface area contributed by atoms with Gasteiger partial charge in [-0.1, -0.05) is 149 Å². The van der Waals surface area contributed by atoms with Crippen molar-refractivity contribution in [1.82, 2.24) is 0 Å². The Kier molecular flexibility index (Phi) is 8.87. The quantitative estimate of drug-likeness (QED) is 0.173. The summed E-state index contributed by atoms with van der Waals surface area (Å²) in [6, 6.07) is 63.2. The lowest BCUT2D eigenvalue weighted by molar-refractivity contribution is 0.0488. The molecule has 0 N–H and O–H groups in total. The molecule has 4 aliphatic rings. The Bertz CT molecular complexity index is 3550. The molecular formula is C61H51NO2S2.